The van der Waals surface area contributed by atoms with Crippen LogP contribution in [0.1, 0.15) is 73.1 Å². The number of fused-ring (bicyclic) bond motifs is 3. The maximum absolute atomic E-state index is 13.3. The molecule has 2 heterocycles. The monoisotopic (exact) mass is 442 g/mol. The van der Waals surface area contributed by atoms with Gasteiger partial charge in [0.1, 0.15) is 0 Å². The Bertz CT molecular complexity index is 876. The molecule has 1 N–H and O–H groups in total. The number of hydrogen-bond acceptors (Lipinski definition) is 5. The van der Waals surface area contributed by atoms with Gasteiger partial charge in [0.05, 0.1) is 18.8 Å². The molecule has 2 bridgehead atoms. The van der Waals surface area contributed by atoms with Gasteiger partial charge in [-0.3, -0.25) is 9.59 Å². The molecule has 5 atom stereocenters. The van der Waals surface area contributed by atoms with E-state index in [-0.39, 0.29) is 48.2 Å². The summed E-state index contributed by atoms with van der Waals surface area (Å²) in [6.45, 7) is 13.8. The van der Waals surface area contributed by atoms with Gasteiger partial charge in [-0.1, -0.05) is 38.2 Å². The molecule has 0 radical (unpaired) electrons. The first kappa shape index (κ1) is 24.5. The number of carbonyl (C=O) groups excluding carboxylic acids is 2. The standard InChI is InChI=1S/C27H38O5/c1-16-7-11-22-18(3)9-12-23(32-22)17(2)8-10-21-24(19(4)15-31-20(5)28)25(29)26(30)27(21,6)14-13-16/h8,13,19,21-23,29H,3,7,9-12,14-15H2,1-2,4-6H3/t19-,21-,22-,23-,27+/m1/s1. The summed E-state index contributed by atoms with van der Waals surface area (Å²) in [6.07, 6.45) is 9.33. The Balaban J connectivity index is 1.98. The Labute approximate surface area is 192 Å². The first-order chi connectivity index (χ1) is 15.0. The zero-order valence-corrected chi connectivity index (χ0v) is 20.2. The molecule has 0 unspecified atom stereocenters. The van der Waals surface area contributed by atoms with Crippen LogP contribution in [-0.4, -0.2) is 35.7 Å². The van der Waals surface area contributed by atoms with Crippen LogP contribution in [0.5, 0.6) is 0 Å². The highest BCUT2D eigenvalue weighted by Gasteiger charge is 2.51. The molecule has 0 aromatic heterocycles. The van der Waals surface area contributed by atoms with Crippen LogP contribution < -0.4 is 0 Å². The van der Waals surface area contributed by atoms with Gasteiger partial charge >= 0.3 is 5.97 Å². The van der Waals surface area contributed by atoms with Gasteiger partial charge in [0.15, 0.2) is 5.76 Å². The van der Waals surface area contributed by atoms with Gasteiger partial charge in [-0.15, -0.1) is 0 Å². The summed E-state index contributed by atoms with van der Waals surface area (Å²) in [6, 6.07) is 0. The summed E-state index contributed by atoms with van der Waals surface area (Å²) < 4.78 is 11.6. The number of carbonyl (C=O) groups is 2. The Morgan fingerprint density at radius 1 is 1.28 bits per heavy atom. The number of allylic oxidation sites excluding steroid dienone is 4. The highest BCUT2D eigenvalue weighted by molar-refractivity contribution is 6.02. The number of aliphatic hydroxyl groups excluding tert-OH is 1. The summed E-state index contributed by atoms with van der Waals surface area (Å²) in [5.41, 5.74) is 3.54. The topological polar surface area (TPSA) is 72.8 Å². The lowest BCUT2D eigenvalue weighted by Crippen LogP contribution is -2.32. The summed E-state index contributed by atoms with van der Waals surface area (Å²) in [7, 11) is 0. The van der Waals surface area contributed by atoms with E-state index < -0.39 is 5.41 Å². The molecule has 0 spiro atoms. The highest BCUT2D eigenvalue weighted by atomic mass is 16.5. The molecule has 5 nitrogen and oxygen atoms in total. The number of hydrogen-bond donors (Lipinski definition) is 1. The average molecular weight is 443 g/mol. The molecule has 3 aliphatic rings. The van der Waals surface area contributed by atoms with Crippen molar-refractivity contribution in [3.05, 3.63) is 46.8 Å². The van der Waals surface area contributed by atoms with Crippen LogP contribution in [-0.2, 0) is 19.1 Å². The van der Waals surface area contributed by atoms with E-state index in [4.69, 9.17) is 9.47 Å². The molecule has 0 aromatic rings. The van der Waals surface area contributed by atoms with Crippen LogP contribution in [0.2, 0.25) is 0 Å². The molecule has 0 aromatic carbocycles. The summed E-state index contributed by atoms with van der Waals surface area (Å²) in [4.78, 5) is 24.7. The molecule has 1 saturated heterocycles. The smallest absolute Gasteiger partial charge is 0.302 e. The van der Waals surface area contributed by atoms with Crippen molar-refractivity contribution >= 4 is 11.8 Å². The van der Waals surface area contributed by atoms with Crippen LogP contribution in [0, 0.1) is 17.3 Å². The predicted molar refractivity (Wildman–Crippen MR) is 125 cm³/mol. The van der Waals surface area contributed by atoms with E-state index in [0.717, 1.165) is 25.7 Å². The van der Waals surface area contributed by atoms with Crippen molar-refractivity contribution in [2.75, 3.05) is 6.61 Å². The second-order valence-corrected chi connectivity index (χ2v) is 10.1. The minimum Gasteiger partial charge on any atom is -0.504 e. The zero-order chi connectivity index (χ0) is 23.6. The highest BCUT2D eigenvalue weighted by Crippen LogP contribution is 2.51. The van der Waals surface area contributed by atoms with E-state index in [2.05, 4.69) is 32.6 Å². The summed E-state index contributed by atoms with van der Waals surface area (Å²) in [5, 5.41) is 10.9. The Kier molecular flexibility index (Phi) is 7.49. The minimum absolute atomic E-state index is 0.0541. The third-order valence-corrected chi connectivity index (χ3v) is 7.59. The molecule has 0 saturated carbocycles. The van der Waals surface area contributed by atoms with E-state index in [1.54, 1.807) is 0 Å². The molecule has 2 aliphatic heterocycles. The van der Waals surface area contributed by atoms with Crippen molar-refractivity contribution in [3.63, 3.8) is 0 Å². The van der Waals surface area contributed by atoms with E-state index in [9.17, 15) is 14.7 Å². The predicted octanol–water partition coefficient (Wildman–Crippen LogP) is 5.77. The lowest BCUT2D eigenvalue weighted by Gasteiger charge is -2.33. The minimum atomic E-state index is -0.727. The van der Waals surface area contributed by atoms with Crippen LogP contribution in [0.3, 0.4) is 0 Å². The maximum Gasteiger partial charge on any atom is 0.302 e. The van der Waals surface area contributed by atoms with E-state index in [0.29, 0.717) is 18.4 Å². The zero-order valence-electron chi connectivity index (χ0n) is 20.2. The molecule has 5 heteroatoms. The van der Waals surface area contributed by atoms with Gasteiger partial charge in [0.2, 0.25) is 5.78 Å². The lowest BCUT2D eigenvalue weighted by atomic mass is 9.70. The Hall–Kier alpha value is -2.14. The molecule has 32 heavy (non-hydrogen) atoms. The molecule has 1 aliphatic carbocycles. The van der Waals surface area contributed by atoms with Crippen LogP contribution in [0.4, 0.5) is 0 Å². The van der Waals surface area contributed by atoms with Crippen molar-refractivity contribution in [3.8, 4) is 0 Å². The second kappa shape index (κ2) is 9.78. The van der Waals surface area contributed by atoms with Crippen molar-refractivity contribution < 1.29 is 24.2 Å². The summed E-state index contributed by atoms with van der Waals surface area (Å²) >= 11 is 0. The normalized spacial score (nSPS) is 32.7. The fourth-order valence-corrected chi connectivity index (χ4v) is 5.33. The molecule has 0 amide bonds. The van der Waals surface area contributed by atoms with Crippen molar-refractivity contribution in [2.24, 2.45) is 17.3 Å². The van der Waals surface area contributed by atoms with Gasteiger partial charge in [0, 0.05) is 24.2 Å². The van der Waals surface area contributed by atoms with Gasteiger partial charge in [-0.05, 0) is 69.1 Å². The summed E-state index contributed by atoms with van der Waals surface area (Å²) in [5.74, 6) is -1.11. The van der Waals surface area contributed by atoms with E-state index >= 15 is 0 Å². The lowest BCUT2D eigenvalue weighted by molar-refractivity contribution is -0.141. The first-order valence-corrected chi connectivity index (χ1v) is 11.8. The van der Waals surface area contributed by atoms with Gasteiger partial charge in [0.25, 0.3) is 0 Å². The number of Topliss-reactive ketones (excluding diaryl/α,β-unsaturated/α-hetero) is 1. The third-order valence-electron chi connectivity index (χ3n) is 7.59. The Morgan fingerprint density at radius 3 is 2.66 bits per heavy atom. The van der Waals surface area contributed by atoms with Crippen LogP contribution in [0.15, 0.2) is 46.8 Å². The Morgan fingerprint density at radius 2 is 1.97 bits per heavy atom. The van der Waals surface area contributed by atoms with Crippen LogP contribution >= 0.6 is 0 Å². The number of esters is 1. The third kappa shape index (κ3) is 4.93. The molecular formula is C27H38O5. The second-order valence-electron chi connectivity index (χ2n) is 10.1. The number of ketones is 1. The van der Waals surface area contributed by atoms with Crippen LogP contribution in [0.25, 0.3) is 0 Å². The maximum atomic E-state index is 13.3. The number of aliphatic hydroxyl groups is 1. The van der Waals surface area contributed by atoms with Crippen molar-refractivity contribution in [1.29, 1.82) is 0 Å². The van der Waals surface area contributed by atoms with Crippen molar-refractivity contribution in [2.45, 2.75) is 85.4 Å². The fraction of sp³-hybridized carbons (Fsp3) is 0.630. The largest absolute Gasteiger partial charge is 0.504 e. The molecular weight excluding hydrogens is 404 g/mol. The van der Waals surface area contributed by atoms with Gasteiger partial charge in [-0.25, -0.2) is 0 Å². The van der Waals surface area contributed by atoms with E-state index in [1.807, 2.05) is 13.8 Å². The molecule has 176 valence electrons. The van der Waals surface area contributed by atoms with Gasteiger partial charge in [-0.2, -0.15) is 0 Å². The van der Waals surface area contributed by atoms with E-state index in [1.165, 1.54) is 23.6 Å². The van der Waals surface area contributed by atoms with Crippen molar-refractivity contribution in [1.82, 2.24) is 0 Å². The number of rotatable bonds is 3. The number of ether oxygens (including phenoxy) is 2. The molecule has 3 rings (SSSR count). The fourth-order valence-electron chi connectivity index (χ4n) is 5.33. The quantitative estimate of drug-likeness (QED) is 0.443. The first-order valence-electron chi connectivity index (χ1n) is 11.8. The molecule has 1 fully saturated rings. The SMILES string of the molecule is C=C1CC[C@H]2O[C@@H]1CCC(C)=CC[C@]1(C)C(=O)C(O)=C([C@H](C)COC(C)=O)[C@H]1CC=C2C. The average Bonchev–Trinajstić information content (AvgIpc) is 2.94. The van der Waals surface area contributed by atoms with Gasteiger partial charge < -0.3 is 14.6 Å².